The summed E-state index contributed by atoms with van der Waals surface area (Å²) in [7, 11) is 0. The molecule has 0 amide bonds. The fraction of sp³-hybridized carbons (Fsp3) is 0.333. The number of rotatable bonds is 2. The average molecular weight is 228 g/mol. The minimum Gasteiger partial charge on any atom is -0.370 e. The molecule has 2 heteroatoms. The summed E-state index contributed by atoms with van der Waals surface area (Å²) in [5.41, 5.74) is 3.01. The molecule has 3 rings (SSSR count). The minimum atomic E-state index is 0. The van der Waals surface area contributed by atoms with Gasteiger partial charge in [-0.1, -0.05) is 43.3 Å². The van der Waals surface area contributed by atoms with Crippen LogP contribution in [0.25, 0.3) is 10.8 Å². The van der Waals surface area contributed by atoms with Crippen molar-refractivity contribution < 1.29 is 0 Å². The highest BCUT2D eigenvalue weighted by molar-refractivity contribution is 5.96. The number of hydrogen-bond donors (Lipinski definition) is 1. The summed E-state index contributed by atoms with van der Waals surface area (Å²) >= 11 is 0. The number of nitrogens with zero attached hydrogens (tertiary/aromatic N) is 1. The zero-order valence-electron chi connectivity index (χ0n) is 10.4. The first-order chi connectivity index (χ1) is 7.90. The molecule has 0 spiro atoms. The van der Waals surface area contributed by atoms with Crippen LogP contribution in [0.3, 0.4) is 0 Å². The molecule has 3 N–H and O–H groups in total. The highest BCUT2D eigenvalue weighted by Gasteiger charge is 2.20. The minimum absolute atomic E-state index is 0. The molecular formula is C15H20N2. The van der Waals surface area contributed by atoms with Crippen molar-refractivity contribution in [2.24, 2.45) is 0 Å². The largest absolute Gasteiger partial charge is 0.370 e. The molecule has 0 saturated heterocycles. The van der Waals surface area contributed by atoms with Gasteiger partial charge in [-0.2, -0.15) is 0 Å². The highest BCUT2D eigenvalue weighted by atomic mass is 15.1. The molecule has 0 aliphatic carbocycles. The summed E-state index contributed by atoms with van der Waals surface area (Å²) in [6, 6.07) is 13.3. The smallest absolute Gasteiger partial charge is 0.0479 e. The maximum atomic E-state index is 2.54. The summed E-state index contributed by atoms with van der Waals surface area (Å²) in [4.78, 5) is 2.54. The van der Waals surface area contributed by atoms with Crippen molar-refractivity contribution in [2.45, 2.75) is 19.8 Å². The molecule has 0 radical (unpaired) electrons. The van der Waals surface area contributed by atoms with Crippen LogP contribution in [-0.4, -0.2) is 13.1 Å². The fourth-order valence-electron chi connectivity index (χ4n) is 2.74. The predicted octanol–water partition coefficient (Wildman–Crippen LogP) is 3.77. The Hall–Kier alpha value is -1.54. The quantitative estimate of drug-likeness (QED) is 0.849. The predicted molar refractivity (Wildman–Crippen MR) is 75.2 cm³/mol. The van der Waals surface area contributed by atoms with Crippen molar-refractivity contribution in [3.8, 4) is 0 Å². The van der Waals surface area contributed by atoms with E-state index in [9.17, 15) is 0 Å². The molecule has 0 aromatic heterocycles. The molecule has 2 aromatic rings. The van der Waals surface area contributed by atoms with E-state index in [-0.39, 0.29) is 6.15 Å². The molecule has 0 atom stereocenters. The molecule has 1 aliphatic heterocycles. The Balaban J connectivity index is 0.00000108. The van der Waals surface area contributed by atoms with Crippen molar-refractivity contribution in [3.63, 3.8) is 0 Å². The second-order valence-electron chi connectivity index (χ2n) is 4.53. The van der Waals surface area contributed by atoms with Crippen LogP contribution in [0.2, 0.25) is 0 Å². The Morgan fingerprint density at radius 2 is 1.94 bits per heavy atom. The van der Waals surface area contributed by atoms with Gasteiger partial charge in [0.2, 0.25) is 0 Å². The van der Waals surface area contributed by atoms with Gasteiger partial charge in [0.15, 0.2) is 0 Å². The third-order valence-corrected chi connectivity index (χ3v) is 3.44. The zero-order chi connectivity index (χ0) is 11.0. The molecule has 0 fully saturated rings. The highest BCUT2D eigenvalue weighted by Crippen LogP contribution is 2.35. The van der Waals surface area contributed by atoms with Crippen LogP contribution < -0.4 is 11.1 Å². The van der Waals surface area contributed by atoms with Crippen molar-refractivity contribution in [1.82, 2.24) is 6.15 Å². The topological polar surface area (TPSA) is 38.2 Å². The van der Waals surface area contributed by atoms with Crippen LogP contribution in [0.4, 0.5) is 5.69 Å². The molecular weight excluding hydrogens is 208 g/mol. The SMILES string of the molecule is CCCN1CCc2ccc3ccccc3c21.N. The van der Waals surface area contributed by atoms with Crippen LogP contribution in [0, 0.1) is 0 Å². The van der Waals surface area contributed by atoms with E-state index < -0.39 is 0 Å². The Morgan fingerprint density at radius 1 is 1.12 bits per heavy atom. The van der Waals surface area contributed by atoms with E-state index in [2.05, 4.69) is 48.2 Å². The first-order valence-electron chi connectivity index (χ1n) is 6.15. The lowest BCUT2D eigenvalue weighted by atomic mass is 10.0. The Morgan fingerprint density at radius 3 is 2.76 bits per heavy atom. The van der Waals surface area contributed by atoms with E-state index in [0.29, 0.717) is 0 Å². The normalized spacial score (nSPS) is 13.6. The second kappa shape index (κ2) is 4.76. The fourth-order valence-corrected chi connectivity index (χ4v) is 2.74. The Labute approximate surface area is 103 Å². The molecule has 17 heavy (non-hydrogen) atoms. The number of fused-ring (bicyclic) bond motifs is 3. The molecule has 2 nitrogen and oxygen atoms in total. The van der Waals surface area contributed by atoms with Gasteiger partial charge in [-0.15, -0.1) is 0 Å². The van der Waals surface area contributed by atoms with Gasteiger partial charge in [0, 0.05) is 24.2 Å². The number of benzene rings is 2. The number of anilines is 1. The molecule has 0 unspecified atom stereocenters. The van der Waals surface area contributed by atoms with Crippen LogP contribution in [0.1, 0.15) is 18.9 Å². The van der Waals surface area contributed by atoms with Gasteiger partial charge in [0.1, 0.15) is 0 Å². The Bertz CT molecular complexity index is 517. The van der Waals surface area contributed by atoms with Gasteiger partial charge in [-0.3, -0.25) is 0 Å². The molecule has 0 bridgehead atoms. The number of hydrogen-bond acceptors (Lipinski definition) is 2. The summed E-state index contributed by atoms with van der Waals surface area (Å²) in [5, 5.41) is 2.79. The average Bonchev–Trinajstić information content (AvgIpc) is 2.73. The van der Waals surface area contributed by atoms with Gasteiger partial charge >= 0.3 is 0 Å². The van der Waals surface area contributed by atoms with E-state index in [0.717, 1.165) is 0 Å². The lowest BCUT2D eigenvalue weighted by Gasteiger charge is -2.20. The summed E-state index contributed by atoms with van der Waals surface area (Å²) in [6.07, 6.45) is 2.43. The molecule has 1 heterocycles. The van der Waals surface area contributed by atoms with Gasteiger partial charge in [0.25, 0.3) is 0 Å². The maximum absolute atomic E-state index is 2.54. The van der Waals surface area contributed by atoms with E-state index in [1.807, 2.05) is 0 Å². The van der Waals surface area contributed by atoms with Gasteiger partial charge in [0.05, 0.1) is 0 Å². The standard InChI is InChI=1S/C15H17N.H3N/c1-2-10-16-11-9-13-8-7-12-5-3-4-6-14(12)15(13)16;/h3-8H,2,9-11H2,1H3;1H3. The third kappa shape index (κ3) is 1.89. The lowest BCUT2D eigenvalue weighted by molar-refractivity contribution is 0.798. The summed E-state index contributed by atoms with van der Waals surface area (Å²) in [5.74, 6) is 0. The lowest BCUT2D eigenvalue weighted by Crippen LogP contribution is -2.21. The Kier molecular flexibility index (Phi) is 3.34. The first-order valence-corrected chi connectivity index (χ1v) is 6.15. The van der Waals surface area contributed by atoms with Gasteiger partial charge in [-0.25, -0.2) is 0 Å². The van der Waals surface area contributed by atoms with Crippen LogP contribution in [0.5, 0.6) is 0 Å². The second-order valence-corrected chi connectivity index (χ2v) is 4.53. The molecule has 1 aliphatic rings. The van der Waals surface area contributed by atoms with Crippen LogP contribution in [0.15, 0.2) is 36.4 Å². The van der Waals surface area contributed by atoms with Crippen LogP contribution in [-0.2, 0) is 6.42 Å². The molecule has 2 aromatic carbocycles. The third-order valence-electron chi connectivity index (χ3n) is 3.44. The van der Waals surface area contributed by atoms with Gasteiger partial charge < -0.3 is 11.1 Å². The van der Waals surface area contributed by atoms with Crippen molar-refractivity contribution in [3.05, 3.63) is 42.0 Å². The van der Waals surface area contributed by atoms with E-state index in [1.54, 1.807) is 0 Å². The zero-order valence-corrected chi connectivity index (χ0v) is 10.4. The first kappa shape index (κ1) is 11.9. The van der Waals surface area contributed by atoms with Crippen LogP contribution >= 0.6 is 0 Å². The molecule has 0 saturated carbocycles. The van der Waals surface area contributed by atoms with Crippen molar-refractivity contribution in [2.75, 3.05) is 18.0 Å². The monoisotopic (exact) mass is 228 g/mol. The van der Waals surface area contributed by atoms with E-state index >= 15 is 0 Å². The molecule has 90 valence electrons. The maximum Gasteiger partial charge on any atom is 0.0479 e. The van der Waals surface area contributed by atoms with Gasteiger partial charge in [-0.05, 0) is 23.8 Å². The van der Waals surface area contributed by atoms with Crippen molar-refractivity contribution >= 4 is 16.5 Å². The van der Waals surface area contributed by atoms with Crippen molar-refractivity contribution in [1.29, 1.82) is 0 Å². The summed E-state index contributed by atoms with van der Waals surface area (Å²) in [6.45, 7) is 4.63. The van der Waals surface area contributed by atoms with E-state index in [4.69, 9.17) is 0 Å². The van der Waals surface area contributed by atoms with E-state index in [1.165, 1.54) is 48.0 Å². The summed E-state index contributed by atoms with van der Waals surface area (Å²) < 4.78 is 0.